The minimum atomic E-state index is -0.555. The van der Waals surface area contributed by atoms with Crippen molar-refractivity contribution in [2.75, 3.05) is 17.7 Å². The number of hydrogen-bond acceptors (Lipinski definition) is 5. The predicted octanol–water partition coefficient (Wildman–Crippen LogP) is 3.89. The number of nitro groups is 1. The highest BCUT2D eigenvalue weighted by molar-refractivity contribution is 6.05. The van der Waals surface area contributed by atoms with Crippen molar-refractivity contribution < 1.29 is 14.8 Å². The van der Waals surface area contributed by atoms with Gasteiger partial charge in [-0.15, -0.1) is 0 Å². The molecule has 0 aliphatic carbocycles. The van der Waals surface area contributed by atoms with Crippen LogP contribution in [0.4, 0.5) is 17.1 Å². The molecule has 0 atom stereocenters. The van der Waals surface area contributed by atoms with E-state index < -0.39 is 10.8 Å². The van der Waals surface area contributed by atoms with Crippen molar-refractivity contribution in [3.05, 3.63) is 57.6 Å². The quantitative estimate of drug-likeness (QED) is 0.444. The average molecular weight is 343 g/mol. The third-order valence-electron chi connectivity index (χ3n) is 3.84. The molecule has 0 fully saturated rings. The molecular weight excluding hydrogens is 322 g/mol. The number of rotatable bonds is 4. The molecule has 0 bridgehead atoms. The van der Waals surface area contributed by atoms with E-state index >= 15 is 0 Å². The highest BCUT2D eigenvalue weighted by Gasteiger charge is 2.19. The zero-order valence-electron chi connectivity index (χ0n) is 14.6. The number of hydrogen-bond donors (Lipinski definition) is 3. The number of nitrogens with one attached hydrogen (secondary N) is 2. The fourth-order valence-corrected chi connectivity index (χ4v) is 2.33. The van der Waals surface area contributed by atoms with Crippen LogP contribution in [0.2, 0.25) is 0 Å². The zero-order chi connectivity index (χ0) is 18.8. The molecule has 0 saturated heterocycles. The fourth-order valence-electron chi connectivity index (χ4n) is 2.33. The van der Waals surface area contributed by atoms with Gasteiger partial charge in [0.25, 0.3) is 11.6 Å². The van der Waals surface area contributed by atoms with E-state index in [4.69, 9.17) is 0 Å². The van der Waals surface area contributed by atoms with E-state index in [-0.39, 0.29) is 28.1 Å². The molecule has 1 amide bonds. The zero-order valence-corrected chi connectivity index (χ0v) is 14.6. The number of nitro benzene ring substituents is 1. The van der Waals surface area contributed by atoms with Gasteiger partial charge in [0, 0.05) is 18.7 Å². The minimum Gasteiger partial charge on any atom is -0.506 e. The largest absolute Gasteiger partial charge is 0.506 e. The van der Waals surface area contributed by atoms with Crippen molar-refractivity contribution in [3.8, 4) is 5.75 Å². The first-order valence-electron chi connectivity index (χ1n) is 7.74. The van der Waals surface area contributed by atoms with Gasteiger partial charge >= 0.3 is 0 Å². The van der Waals surface area contributed by atoms with Crippen molar-refractivity contribution >= 4 is 23.0 Å². The Morgan fingerprint density at radius 2 is 1.80 bits per heavy atom. The Labute approximate surface area is 145 Å². The molecule has 0 spiro atoms. The summed E-state index contributed by atoms with van der Waals surface area (Å²) in [5, 5.41) is 26.4. The normalized spacial score (nSPS) is 11.0. The lowest BCUT2D eigenvalue weighted by Gasteiger charge is -2.20. The molecule has 0 aliphatic heterocycles. The SMILES string of the molecule is CNc1ccc(C(=O)Nc2cc(C(C)(C)C)ccc2O)cc1[N+](=O)[O-]. The molecule has 7 nitrogen and oxygen atoms in total. The summed E-state index contributed by atoms with van der Waals surface area (Å²) in [7, 11) is 1.57. The Bertz CT molecular complexity index is 826. The third kappa shape index (κ3) is 4.06. The summed E-state index contributed by atoms with van der Waals surface area (Å²) >= 11 is 0. The van der Waals surface area contributed by atoms with Gasteiger partial charge in [-0.1, -0.05) is 26.8 Å². The molecule has 2 aromatic carbocycles. The maximum Gasteiger partial charge on any atom is 0.293 e. The van der Waals surface area contributed by atoms with E-state index in [0.29, 0.717) is 5.69 Å². The van der Waals surface area contributed by atoms with E-state index in [1.165, 1.54) is 24.3 Å². The van der Waals surface area contributed by atoms with E-state index in [2.05, 4.69) is 10.6 Å². The number of carbonyl (C=O) groups is 1. The number of anilines is 2. The van der Waals surface area contributed by atoms with Gasteiger partial charge in [0.2, 0.25) is 0 Å². The molecule has 0 heterocycles. The molecule has 0 radical (unpaired) electrons. The molecule has 0 unspecified atom stereocenters. The van der Waals surface area contributed by atoms with Gasteiger partial charge in [-0.05, 0) is 35.2 Å². The number of phenols is 1. The lowest BCUT2D eigenvalue weighted by atomic mass is 9.87. The number of phenolic OH excluding ortho intramolecular Hbond substituents is 1. The van der Waals surface area contributed by atoms with Crippen LogP contribution in [0.3, 0.4) is 0 Å². The van der Waals surface area contributed by atoms with E-state index in [1.54, 1.807) is 19.2 Å². The second-order valence-corrected chi connectivity index (χ2v) is 6.68. The smallest absolute Gasteiger partial charge is 0.293 e. The lowest BCUT2D eigenvalue weighted by molar-refractivity contribution is -0.384. The van der Waals surface area contributed by atoms with Gasteiger partial charge in [-0.25, -0.2) is 0 Å². The van der Waals surface area contributed by atoms with E-state index in [1.807, 2.05) is 20.8 Å². The van der Waals surface area contributed by atoms with Crippen LogP contribution in [0.15, 0.2) is 36.4 Å². The monoisotopic (exact) mass is 343 g/mol. The first-order chi connectivity index (χ1) is 11.6. The molecule has 0 aliphatic rings. The molecule has 0 aromatic heterocycles. The number of benzene rings is 2. The minimum absolute atomic E-state index is 0.0669. The van der Waals surface area contributed by atoms with Crippen LogP contribution in [0.25, 0.3) is 0 Å². The summed E-state index contributed by atoms with van der Waals surface area (Å²) in [6.07, 6.45) is 0. The summed E-state index contributed by atoms with van der Waals surface area (Å²) in [5.41, 5.74) is 1.31. The molecule has 25 heavy (non-hydrogen) atoms. The van der Waals surface area contributed by atoms with Crippen molar-refractivity contribution in [2.24, 2.45) is 0 Å². The predicted molar refractivity (Wildman–Crippen MR) is 97.4 cm³/mol. The van der Waals surface area contributed by atoms with Crippen LogP contribution in [0, 0.1) is 10.1 Å². The molecular formula is C18H21N3O4. The summed E-state index contributed by atoms with van der Waals surface area (Å²) in [4.78, 5) is 23.0. The van der Waals surface area contributed by atoms with Gasteiger partial charge in [0.05, 0.1) is 10.6 Å². The van der Waals surface area contributed by atoms with E-state index in [0.717, 1.165) is 5.56 Å². The Hall–Kier alpha value is -3.09. The molecule has 7 heteroatoms. The molecule has 2 rings (SSSR count). The maximum atomic E-state index is 12.4. The van der Waals surface area contributed by atoms with Crippen LogP contribution in [-0.2, 0) is 5.41 Å². The molecule has 0 saturated carbocycles. The lowest BCUT2D eigenvalue weighted by Crippen LogP contribution is -2.15. The van der Waals surface area contributed by atoms with Gasteiger partial charge in [0.15, 0.2) is 0 Å². The van der Waals surface area contributed by atoms with Crippen LogP contribution in [0.1, 0.15) is 36.7 Å². The molecule has 132 valence electrons. The summed E-state index contributed by atoms with van der Waals surface area (Å²) in [6.45, 7) is 6.06. The topological polar surface area (TPSA) is 104 Å². The van der Waals surface area contributed by atoms with Crippen molar-refractivity contribution in [1.29, 1.82) is 0 Å². The first kappa shape index (κ1) is 18.3. The second-order valence-electron chi connectivity index (χ2n) is 6.68. The fraction of sp³-hybridized carbons (Fsp3) is 0.278. The maximum absolute atomic E-state index is 12.4. The van der Waals surface area contributed by atoms with Crippen LogP contribution >= 0.6 is 0 Å². The Balaban J connectivity index is 2.34. The van der Waals surface area contributed by atoms with E-state index in [9.17, 15) is 20.0 Å². The number of carbonyl (C=O) groups excluding carboxylic acids is 1. The Morgan fingerprint density at radius 3 is 2.36 bits per heavy atom. The Kier molecular flexibility index (Phi) is 4.97. The van der Waals surface area contributed by atoms with Gasteiger partial charge in [-0.3, -0.25) is 14.9 Å². The summed E-state index contributed by atoms with van der Waals surface area (Å²) in [6, 6.07) is 9.16. The van der Waals surface area contributed by atoms with Crippen LogP contribution in [0.5, 0.6) is 5.75 Å². The van der Waals surface area contributed by atoms with Crippen molar-refractivity contribution in [1.82, 2.24) is 0 Å². The first-order valence-corrected chi connectivity index (χ1v) is 7.74. The molecule has 2 aromatic rings. The number of amides is 1. The highest BCUT2D eigenvalue weighted by Crippen LogP contribution is 2.31. The van der Waals surface area contributed by atoms with Gasteiger partial charge in [-0.2, -0.15) is 0 Å². The van der Waals surface area contributed by atoms with Gasteiger partial charge in [0.1, 0.15) is 11.4 Å². The van der Waals surface area contributed by atoms with Crippen molar-refractivity contribution in [2.45, 2.75) is 26.2 Å². The highest BCUT2D eigenvalue weighted by atomic mass is 16.6. The second kappa shape index (κ2) is 6.80. The summed E-state index contributed by atoms with van der Waals surface area (Å²) in [5.74, 6) is -0.602. The summed E-state index contributed by atoms with van der Waals surface area (Å²) < 4.78 is 0. The van der Waals surface area contributed by atoms with Crippen molar-refractivity contribution in [3.63, 3.8) is 0 Å². The molecule has 3 N–H and O–H groups in total. The average Bonchev–Trinajstić information content (AvgIpc) is 2.55. The number of aromatic hydroxyl groups is 1. The number of nitrogens with zero attached hydrogens (tertiary/aromatic N) is 1. The Morgan fingerprint density at radius 1 is 1.12 bits per heavy atom. The third-order valence-corrected chi connectivity index (χ3v) is 3.84. The van der Waals surface area contributed by atoms with Gasteiger partial charge < -0.3 is 15.7 Å². The standard InChI is InChI=1S/C18H21N3O4/c1-18(2,3)12-6-8-16(22)14(10-12)20-17(23)11-5-7-13(19-4)15(9-11)21(24)25/h5-10,19,22H,1-4H3,(H,20,23). The van der Waals surface area contributed by atoms with Crippen LogP contribution < -0.4 is 10.6 Å². The van der Waals surface area contributed by atoms with Crippen LogP contribution in [-0.4, -0.2) is 23.0 Å².